The molecule has 0 saturated heterocycles. The molecule has 0 atom stereocenters. The summed E-state index contributed by atoms with van der Waals surface area (Å²) in [6, 6.07) is 1.64. The van der Waals surface area contributed by atoms with Crippen molar-refractivity contribution in [1.29, 1.82) is 0 Å². The Hall–Kier alpha value is 0.0400. The second kappa shape index (κ2) is 4.79. The molecular weight excluding hydrogens is 265 g/mol. The van der Waals surface area contributed by atoms with Gasteiger partial charge in [0.1, 0.15) is 5.82 Å². The molecule has 0 aliphatic rings. The summed E-state index contributed by atoms with van der Waals surface area (Å²) in [5.74, 6) is -0.255. The zero-order valence-electron chi connectivity index (χ0n) is 5.05. The molecule has 0 bridgehead atoms. The summed E-state index contributed by atoms with van der Waals surface area (Å²) in [4.78, 5) is 3.60. The number of nitrogens with zero attached hydrogens (tertiary/aromatic N) is 1. The number of hydrogen-bond donors (Lipinski definition) is 0. The van der Waals surface area contributed by atoms with Gasteiger partial charge in [0.2, 0.25) is 0 Å². The van der Waals surface area contributed by atoms with Gasteiger partial charge in [-0.05, 0) is 6.07 Å². The van der Waals surface area contributed by atoms with Gasteiger partial charge in [-0.3, -0.25) is 4.98 Å². The van der Waals surface area contributed by atoms with E-state index in [1.54, 1.807) is 12.3 Å². The summed E-state index contributed by atoms with van der Waals surface area (Å²) >= 11 is 3.14. The molecule has 56 valence electrons. The van der Waals surface area contributed by atoms with Gasteiger partial charge in [-0.25, -0.2) is 4.39 Å². The molecule has 1 heterocycles. The molecule has 0 radical (unpaired) electrons. The van der Waals surface area contributed by atoms with Crippen molar-refractivity contribution in [2.45, 2.75) is 5.33 Å². The lowest BCUT2D eigenvalue weighted by Gasteiger charge is -1.93. The molecule has 0 aromatic carbocycles. The van der Waals surface area contributed by atoms with Crippen molar-refractivity contribution < 1.29 is 4.39 Å². The highest BCUT2D eigenvalue weighted by Gasteiger charge is 1.95. The summed E-state index contributed by atoms with van der Waals surface area (Å²) in [6.07, 6.45) is 2.77. The lowest BCUT2D eigenvalue weighted by molar-refractivity contribution is 0.611. The van der Waals surface area contributed by atoms with Gasteiger partial charge in [-0.1, -0.05) is 15.9 Å². The molecule has 0 aliphatic heterocycles. The fraction of sp³-hybridized carbons (Fsp3) is 0.167. The SMILES string of the molecule is Br.Fc1cnccc1CBr. The molecule has 1 rings (SSSR count). The maximum atomic E-state index is 12.5. The quantitative estimate of drug-likeness (QED) is 0.715. The number of aromatic nitrogens is 1. The molecule has 0 saturated carbocycles. The van der Waals surface area contributed by atoms with E-state index in [0.717, 1.165) is 0 Å². The first-order chi connectivity index (χ1) is 4.34. The fourth-order valence-corrected chi connectivity index (χ4v) is 0.967. The van der Waals surface area contributed by atoms with Crippen LogP contribution in [-0.4, -0.2) is 4.98 Å². The second-order valence-corrected chi connectivity index (χ2v) is 2.16. The lowest BCUT2D eigenvalue weighted by Crippen LogP contribution is -1.84. The number of alkyl halides is 1. The Kier molecular flexibility index (Phi) is 4.81. The smallest absolute Gasteiger partial charge is 0.145 e. The lowest BCUT2D eigenvalue weighted by atomic mass is 10.3. The highest BCUT2D eigenvalue weighted by atomic mass is 79.9. The molecular formula is C6H6Br2FN. The van der Waals surface area contributed by atoms with Gasteiger partial charge in [-0.2, -0.15) is 0 Å². The van der Waals surface area contributed by atoms with E-state index in [0.29, 0.717) is 10.9 Å². The van der Waals surface area contributed by atoms with Crippen molar-refractivity contribution >= 4 is 32.9 Å². The molecule has 0 amide bonds. The maximum Gasteiger partial charge on any atom is 0.145 e. The number of hydrogen-bond acceptors (Lipinski definition) is 1. The van der Waals surface area contributed by atoms with Crippen molar-refractivity contribution in [2.75, 3.05) is 0 Å². The van der Waals surface area contributed by atoms with Crippen LogP contribution in [0.4, 0.5) is 4.39 Å². The monoisotopic (exact) mass is 269 g/mol. The minimum absolute atomic E-state index is 0. The van der Waals surface area contributed by atoms with Crippen LogP contribution in [0.25, 0.3) is 0 Å². The van der Waals surface area contributed by atoms with Gasteiger partial charge in [0.15, 0.2) is 0 Å². The number of halogens is 3. The highest BCUT2D eigenvalue weighted by molar-refractivity contribution is 9.08. The van der Waals surface area contributed by atoms with Crippen LogP contribution in [0, 0.1) is 5.82 Å². The topological polar surface area (TPSA) is 12.9 Å². The van der Waals surface area contributed by atoms with Crippen LogP contribution in [-0.2, 0) is 5.33 Å². The average Bonchev–Trinajstić information content (AvgIpc) is 1.89. The van der Waals surface area contributed by atoms with Crippen LogP contribution in [0.1, 0.15) is 5.56 Å². The molecule has 0 spiro atoms. The van der Waals surface area contributed by atoms with Crippen LogP contribution >= 0.6 is 32.9 Å². The average molecular weight is 271 g/mol. The molecule has 1 aromatic rings. The molecule has 1 nitrogen and oxygen atoms in total. The van der Waals surface area contributed by atoms with Gasteiger partial charge in [-0.15, -0.1) is 17.0 Å². The second-order valence-electron chi connectivity index (χ2n) is 1.60. The van der Waals surface area contributed by atoms with Gasteiger partial charge in [0.05, 0.1) is 6.20 Å². The van der Waals surface area contributed by atoms with Crippen molar-refractivity contribution in [3.8, 4) is 0 Å². The third-order valence-corrected chi connectivity index (χ3v) is 1.60. The van der Waals surface area contributed by atoms with E-state index in [2.05, 4.69) is 20.9 Å². The van der Waals surface area contributed by atoms with Crippen LogP contribution < -0.4 is 0 Å². The van der Waals surface area contributed by atoms with E-state index >= 15 is 0 Å². The van der Waals surface area contributed by atoms with E-state index in [1.807, 2.05) is 0 Å². The van der Waals surface area contributed by atoms with Crippen LogP contribution in [0.2, 0.25) is 0 Å². The molecule has 1 aromatic heterocycles. The van der Waals surface area contributed by atoms with Crippen LogP contribution in [0.5, 0.6) is 0 Å². The first-order valence-electron chi connectivity index (χ1n) is 2.49. The van der Waals surface area contributed by atoms with E-state index in [9.17, 15) is 4.39 Å². The third kappa shape index (κ3) is 2.34. The maximum absolute atomic E-state index is 12.5. The van der Waals surface area contributed by atoms with Gasteiger partial charge < -0.3 is 0 Å². The summed E-state index contributed by atoms with van der Waals surface area (Å²) in [7, 11) is 0. The molecule has 0 fully saturated rings. The molecule has 0 aliphatic carbocycles. The van der Waals surface area contributed by atoms with Crippen molar-refractivity contribution in [3.05, 3.63) is 29.8 Å². The third-order valence-electron chi connectivity index (χ3n) is 1.00. The van der Waals surface area contributed by atoms with E-state index < -0.39 is 0 Å². The van der Waals surface area contributed by atoms with Gasteiger partial charge in [0, 0.05) is 17.1 Å². The Balaban J connectivity index is 0.000000810. The summed E-state index contributed by atoms with van der Waals surface area (Å²) in [5, 5.41) is 0.543. The molecule has 10 heavy (non-hydrogen) atoms. The summed E-state index contributed by atoms with van der Waals surface area (Å²) < 4.78 is 12.5. The van der Waals surface area contributed by atoms with Gasteiger partial charge >= 0.3 is 0 Å². The fourth-order valence-electron chi connectivity index (χ4n) is 0.512. The zero-order valence-corrected chi connectivity index (χ0v) is 8.35. The standard InChI is InChI=1S/C6H5BrFN.BrH/c7-3-5-1-2-9-4-6(5)8;/h1-2,4H,3H2;1H. The van der Waals surface area contributed by atoms with Crippen molar-refractivity contribution in [3.63, 3.8) is 0 Å². The normalized spacial score (nSPS) is 8.60. The van der Waals surface area contributed by atoms with Crippen molar-refractivity contribution in [1.82, 2.24) is 4.98 Å². The predicted molar refractivity (Wildman–Crippen MR) is 47.1 cm³/mol. The van der Waals surface area contributed by atoms with Crippen molar-refractivity contribution in [2.24, 2.45) is 0 Å². The zero-order chi connectivity index (χ0) is 6.69. The Morgan fingerprint density at radius 3 is 2.70 bits per heavy atom. The van der Waals surface area contributed by atoms with Gasteiger partial charge in [0.25, 0.3) is 0 Å². The van der Waals surface area contributed by atoms with Crippen LogP contribution in [0.3, 0.4) is 0 Å². The minimum atomic E-state index is -0.255. The Morgan fingerprint density at radius 1 is 1.60 bits per heavy atom. The Bertz CT molecular complexity index is 205. The van der Waals surface area contributed by atoms with E-state index in [4.69, 9.17) is 0 Å². The van der Waals surface area contributed by atoms with Crippen LogP contribution in [0.15, 0.2) is 18.5 Å². The number of rotatable bonds is 1. The summed E-state index contributed by atoms with van der Waals surface area (Å²) in [6.45, 7) is 0. The molecule has 4 heteroatoms. The highest BCUT2D eigenvalue weighted by Crippen LogP contribution is 2.07. The molecule has 0 N–H and O–H groups in total. The van der Waals surface area contributed by atoms with E-state index in [1.165, 1.54) is 6.20 Å². The Morgan fingerprint density at radius 2 is 2.30 bits per heavy atom. The van der Waals surface area contributed by atoms with E-state index in [-0.39, 0.29) is 22.8 Å². The minimum Gasteiger partial charge on any atom is -0.262 e. The summed E-state index contributed by atoms with van der Waals surface area (Å²) in [5.41, 5.74) is 0.644. The largest absolute Gasteiger partial charge is 0.262 e. The Labute approximate surface area is 77.6 Å². The molecule has 0 unspecified atom stereocenters. The number of pyridine rings is 1. The first kappa shape index (κ1) is 10.0. The first-order valence-corrected chi connectivity index (χ1v) is 3.61. The predicted octanol–water partition coefficient (Wildman–Crippen LogP) is 2.69.